The smallest absolute Gasteiger partial charge is 0.265 e. The number of benzene rings is 2. The molecule has 0 radical (unpaired) electrons. The van der Waals surface area contributed by atoms with Gasteiger partial charge in [0.2, 0.25) is 5.95 Å². The molecule has 8 heteroatoms. The first-order valence-corrected chi connectivity index (χ1v) is 10.6. The Balaban J connectivity index is 1.23. The van der Waals surface area contributed by atoms with Gasteiger partial charge in [0.25, 0.3) is 11.8 Å². The van der Waals surface area contributed by atoms with Crippen LogP contribution >= 0.6 is 0 Å². The number of carbonyl (C=O) groups excluding carboxylic acids is 2. The van der Waals surface area contributed by atoms with Gasteiger partial charge in [-0.1, -0.05) is 24.3 Å². The molecule has 1 aromatic heterocycles. The molecular weight excluding hydrogens is 406 g/mol. The lowest BCUT2D eigenvalue weighted by molar-refractivity contribution is -0.121. The molecule has 0 aliphatic carbocycles. The van der Waals surface area contributed by atoms with Crippen molar-refractivity contribution in [1.82, 2.24) is 14.9 Å². The van der Waals surface area contributed by atoms with Crippen LogP contribution in [0.15, 0.2) is 67.0 Å². The number of ether oxygens (including phenoxy) is 1. The second-order valence-electron chi connectivity index (χ2n) is 7.76. The summed E-state index contributed by atoms with van der Waals surface area (Å²) in [6, 6.07) is 16.8. The Labute approximate surface area is 186 Å². The molecule has 3 heterocycles. The van der Waals surface area contributed by atoms with Gasteiger partial charge >= 0.3 is 0 Å². The number of aromatic nitrogens is 2. The lowest BCUT2D eigenvalue weighted by Crippen LogP contribution is -2.49. The highest BCUT2D eigenvalue weighted by atomic mass is 16.5. The van der Waals surface area contributed by atoms with Crippen molar-refractivity contribution in [3.8, 4) is 5.75 Å². The summed E-state index contributed by atoms with van der Waals surface area (Å²) < 4.78 is 5.50. The molecule has 1 fully saturated rings. The Kier molecular flexibility index (Phi) is 5.41. The number of hydrogen-bond donors (Lipinski definition) is 0. The maximum Gasteiger partial charge on any atom is 0.265 e. The van der Waals surface area contributed by atoms with Crippen LogP contribution in [-0.4, -0.2) is 59.5 Å². The molecule has 2 aliphatic rings. The van der Waals surface area contributed by atoms with Crippen LogP contribution < -0.4 is 14.5 Å². The largest absolute Gasteiger partial charge is 0.482 e. The van der Waals surface area contributed by atoms with Gasteiger partial charge in [-0.3, -0.25) is 9.59 Å². The average molecular weight is 429 g/mol. The zero-order valence-electron chi connectivity index (χ0n) is 17.6. The Morgan fingerprint density at radius 1 is 0.906 bits per heavy atom. The summed E-state index contributed by atoms with van der Waals surface area (Å²) in [6.45, 7) is 3.12. The maximum atomic E-state index is 13.0. The first-order chi connectivity index (χ1) is 15.7. The van der Waals surface area contributed by atoms with Gasteiger partial charge in [0, 0.05) is 44.1 Å². The van der Waals surface area contributed by atoms with Gasteiger partial charge < -0.3 is 19.4 Å². The van der Waals surface area contributed by atoms with Crippen LogP contribution in [0.4, 0.5) is 11.6 Å². The molecule has 0 spiro atoms. The minimum absolute atomic E-state index is 0.0120. The molecule has 162 valence electrons. The third kappa shape index (κ3) is 3.99. The summed E-state index contributed by atoms with van der Waals surface area (Å²) in [5.74, 6) is 1.34. The SMILES string of the molecule is O=C(c1ccc(CN2C(=O)COc3ccccc32)cc1)N1CCN(c2ncccn2)CC1. The van der Waals surface area contributed by atoms with Crippen LogP contribution in [0.1, 0.15) is 15.9 Å². The number of hydrogen-bond acceptors (Lipinski definition) is 6. The number of para-hydroxylation sites is 2. The van der Waals surface area contributed by atoms with Crippen LogP contribution in [0.5, 0.6) is 5.75 Å². The van der Waals surface area contributed by atoms with E-state index in [4.69, 9.17) is 4.74 Å². The second-order valence-corrected chi connectivity index (χ2v) is 7.76. The maximum absolute atomic E-state index is 13.0. The first-order valence-electron chi connectivity index (χ1n) is 10.6. The van der Waals surface area contributed by atoms with E-state index in [9.17, 15) is 9.59 Å². The minimum Gasteiger partial charge on any atom is -0.482 e. The normalized spacial score (nSPS) is 15.9. The molecule has 2 aromatic carbocycles. The second kappa shape index (κ2) is 8.66. The van der Waals surface area contributed by atoms with Gasteiger partial charge in [0.1, 0.15) is 5.75 Å². The van der Waals surface area contributed by atoms with Gasteiger partial charge in [0.05, 0.1) is 12.2 Å². The van der Waals surface area contributed by atoms with Crippen molar-refractivity contribution in [2.24, 2.45) is 0 Å². The van der Waals surface area contributed by atoms with E-state index in [0.29, 0.717) is 50.0 Å². The van der Waals surface area contributed by atoms with Gasteiger partial charge in [-0.15, -0.1) is 0 Å². The molecular formula is C24H23N5O3. The Morgan fingerprint density at radius 3 is 2.38 bits per heavy atom. The zero-order valence-corrected chi connectivity index (χ0v) is 17.6. The van der Waals surface area contributed by atoms with Crippen LogP contribution in [0.3, 0.4) is 0 Å². The molecule has 8 nitrogen and oxygen atoms in total. The standard InChI is InChI=1S/C24H23N5O3/c30-22-17-32-21-5-2-1-4-20(21)29(22)16-18-6-8-19(9-7-18)23(31)27-12-14-28(15-13-27)24-25-10-3-11-26-24/h1-11H,12-17H2. The number of amides is 2. The van der Waals surface area contributed by atoms with E-state index >= 15 is 0 Å². The van der Waals surface area contributed by atoms with Crippen molar-refractivity contribution in [3.05, 3.63) is 78.1 Å². The molecule has 0 bridgehead atoms. The van der Waals surface area contributed by atoms with Gasteiger partial charge in [-0.05, 0) is 35.9 Å². The highest BCUT2D eigenvalue weighted by molar-refractivity contribution is 5.98. The minimum atomic E-state index is -0.0795. The quantitative estimate of drug-likeness (QED) is 0.634. The molecule has 32 heavy (non-hydrogen) atoms. The van der Waals surface area contributed by atoms with Crippen LogP contribution in [-0.2, 0) is 11.3 Å². The lowest BCUT2D eigenvalue weighted by Gasteiger charge is -2.34. The van der Waals surface area contributed by atoms with E-state index in [2.05, 4.69) is 14.9 Å². The number of nitrogens with zero attached hydrogens (tertiary/aromatic N) is 5. The fourth-order valence-electron chi connectivity index (χ4n) is 4.01. The number of piperazine rings is 1. The van der Waals surface area contributed by atoms with E-state index in [1.807, 2.05) is 53.4 Å². The third-order valence-electron chi connectivity index (χ3n) is 5.75. The molecule has 5 rings (SSSR count). The number of anilines is 2. The predicted octanol–water partition coefficient (Wildman–Crippen LogP) is 2.36. The van der Waals surface area contributed by atoms with Crippen molar-refractivity contribution in [1.29, 1.82) is 0 Å². The molecule has 0 saturated carbocycles. The Hall–Kier alpha value is -3.94. The number of carbonyl (C=O) groups is 2. The Morgan fingerprint density at radius 2 is 1.62 bits per heavy atom. The molecule has 3 aromatic rings. The monoisotopic (exact) mass is 429 g/mol. The van der Waals surface area contributed by atoms with Gasteiger partial charge in [-0.2, -0.15) is 0 Å². The summed E-state index contributed by atoms with van der Waals surface area (Å²) in [4.78, 5) is 39.6. The summed E-state index contributed by atoms with van der Waals surface area (Å²) >= 11 is 0. The average Bonchev–Trinajstić information content (AvgIpc) is 2.86. The lowest BCUT2D eigenvalue weighted by atomic mass is 10.1. The van der Waals surface area contributed by atoms with Crippen LogP contribution in [0, 0.1) is 0 Å². The molecule has 1 saturated heterocycles. The third-order valence-corrected chi connectivity index (χ3v) is 5.75. The molecule has 0 N–H and O–H groups in total. The fourth-order valence-corrected chi connectivity index (χ4v) is 4.01. The van der Waals surface area contributed by atoms with E-state index in [1.165, 1.54) is 0 Å². The van der Waals surface area contributed by atoms with Crippen molar-refractivity contribution in [3.63, 3.8) is 0 Å². The van der Waals surface area contributed by atoms with Crippen LogP contribution in [0.25, 0.3) is 0 Å². The summed E-state index contributed by atoms with van der Waals surface area (Å²) in [6.07, 6.45) is 3.45. The zero-order chi connectivity index (χ0) is 21.9. The summed E-state index contributed by atoms with van der Waals surface area (Å²) in [5.41, 5.74) is 2.37. The van der Waals surface area contributed by atoms with E-state index in [0.717, 1.165) is 11.3 Å². The number of rotatable bonds is 4. The predicted molar refractivity (Wildman–Crippen MR) is 120 cm³/mol. The number of fused-ring (bicyclic) bond motifs is 1. The van der Waals surface area contributed by atoms with Crippen molar-refractivity contribution in [2.75, 3.05) is 42.6 Å². The summed E-state index contributed by atoms with van der Waals surface area (Å²) in [7, 11) is 0. The fraction of sp³-hybridized carbons (Fsp3) is 0.250. The van der Waals surface area contributed by atoms with E-state index in [1.54, 1.807) is 23.4 Å². The van der Waals surface area contributed by atoms with E-state index in [-0.39, 0.29) is 18.4 Å². The highest BCUT2D eigenvalue weighted by Crippen LogP contribution is 2.32. The van der Waals surface area contributed by atoms with Crippen molar-refractivity contribution >= 4 is 23.5 Å². The van der Waals surface area contributed by atoms with Crippen molar-refractivity contribution < 1.29 is 14.3 Å². The van der Waals surface area contributed by atoms with E-state index < -0.39 is 0 Å². The Bertz CT molecular complexity index is 1110. The van der Waals surface area contributed by atoms with Gasteiger partial charge in [0.15, 0.2) is 6.61 Å². The molecule has 2 aliphatic heterocycles. The summed E-state index contributed by atoms with van der Waals surface area (Å²) in [5, 5.41) is 0. The van der Waals surface area contributed by atoms with Crippen LogP contribution in [0.2, 0.25) is 0 Å². The highest BCUT2D eigenvalue weighted by Gasteiger charge is 2.26. The van der Waals surface area contributed by atoms with Crippen molar-refractivity contribution in [2.45, 2.75) is 6.54 Å². The topological polar surface area (TPSA) is 78.9 Å². The first kappa shape index (κ1) is 20.0. The molecule has 0 atom stereocenters. The molecule has 0 unspecified atom stereocenters. The molecule has 2 amide bonds. The van der Waals surface area contributed by atoms with Gasteiger partial charge in [-0.25, -0.2) is 9.97 Å².